The zero-order chi connectivity index (χ0) is 14.9. The van der Waals surface area contributed by atoms with E-state index in [-0.39, 0.29) is 11.9 Å². The summed E-state index contributed by atoms with van der Waals surface area (Å²) in [6.45, 7) is 4.45. The fraction of sp³-hybridized carbons (Fsp3) is 0.588. The second-order valence-corrected chi connectivity index (χ2v) is 5.57. The van der Waals surface area contributed by atoms with Crippen LogP contribution in [0.2, 0.25) is 0 Å². The van der Waals surface area contributed by atoms with Crippen LogP contribution in [0.4, 0.5) is 0 Å². The Hall–Kier alpha value is -1.55. The van der Waals surface area contributed by atoms with Gasteiger partial charge in [-0.2, -0.15) is 0 Å². The molecule has 1 saturated heterocycles. The number of nitrogens with one attached hydrogen (secondary N) is 2. The van der Waals surface area contributed by atoms with Crippen LogP contribution in [0, 0.1) is 0 Å². The van der Waals surface area contributed by atoms with Crippen molar-refractivity contribution in [3.8, 4) is 5.75 Å². The van der Waals surface area contributed by atoms with Crippen molar-refractivity contribution in [2.45, 2.75) is 51.6 Å². The van der Waals surface area contributed by atoms with Crippen LogP contribution >= 0.6 is 0 Å². The third-order valence-corrected chi connectivity index (χ3v) is 3.78. The summed E-state index contributed by atoms with van der Waals surface area (Å²) in [5.41, 5.74) is 1.18. The van der Waals surface area contributed by atoms with Gasteiger partial charge in [-0.05, 0) is 43.4 Å². The largest absolute Gasteiger partial charge is 0.494 e. The lowest BCUT2D eigenvalue weighted by molar-refractivity contribution is -0.122. The average Bonchev–Trinajstić information content (AvgIpc) is 2.71. The average molecular weight is 290 g/mol. The van der Waals surface area contributed by atoms with E-state index in [1.807, 2.05) is 12.1 Å². The van der Waals surface area contributed by atoms with Gasteiger partial charge in [-0.25, -0.2) is 0 Å². The molecule has 0 aromatic heterocycles. The zero-order valence-corrected chi connectivity index (χ0v) is 12.9. The van der Waals surface area contributed by atoms with Gasteiger partial charge < -0.3 is 15.4 Å². The Morgan fingerprint density at radius 1 is 1.29 bits per heavy atom. The summed E-state index contributed by atoms with van der Waals surface area (Å²) in [6.07, 6.45) is 5.32. The van der Waals surface area contributed by atoms with E-state index < -0.39 is 0 Å². The monoisotopic (exact) mass is 290 g/mol. The van der Waals surface area contributed by atoms with Crippen LogP contribution in [0.3, 0.4) is 0 Å². The van der Waals surface area contributed by atoms with Crippen molar-refractivity contribution in [2.75, 3.05) is 13.2 Å². The van der Waals surface area contributed by atoms with Gasteiger partial charge in [-0.15, -0.1) is 0 Å². The van der Waals surface area contributed by atoms with Crippen LogP contribution in [0.15, 0.2) is 24.3 Å². The van der Waals surface area contributed by atoms with Crippen LogP contribution in [0.25, 0.3) is 0 Å². The highest BCUT2D eigenvalue weighted by molar-refractivity contribution is 5.81. The highest BCUT2D eigenvalue weighted by Crippen LogP contribution is 2.13. The van der Waals surface area contributed by atoms with Gasteiger partial charge >= 0.3 is 0 Å². The molecule has 0 aliphatic carbocycles. The summed E-state index contributed by atoms with van der Waals surface area (Å²) in [5.74, 6) is 1.05. The Labute approximate surface area is 127 Å². The van der Waals surface area contributed by atoms with Crippen molar-refractivity contribution in [2.24, 2.45) is 0 Å². The fourth-order valence-corrected chi connectivity index (χ4v) is 2.41. The zero-order valence-electron chi connectivity index (χ0n) is 12.9. The number of carbonyl (C=O) groups excluding carboxylic acids is 1. The summed E-state index contributed by atoms with van der Waals surface area (Å²) in [7, 11) is 0. The van der Waals surface area contributed by atoms with E-state index in [9.17, 15) is 4.79 Å². The first-order chi connectivity index (χ1) is 10.3. The maximum atomic E-state index is 11.8. The summed E-state index contributed by atoms with van der Waals surface area (Å²) >= 11 is 0. The number of hydrogen-bond donors (Lipinski definition) is 2. The van der Waals surface area contributed by atoms with E-state index in [1.54, 1.807) is 0 Å². The van der Waals surface area contributed by atoms with Crippen molar-refractivity contribution < 1.29 is 9.53 Å². The SMILES string of the molecule is CCCCOc1ccc(CNC2CCCCNC2=O)cc1. The van der Waals surface area contributed by atoms with Gasteiger partial charge in [0.15, 0.2) is 0 Å². The predicted octanol–water partition coefficient (Wildman–Crippen LogP) is 2.62. The molecule has 4 heteroatoms. The Morgan fingerprint density at radius 2 is 2.10 bits per heavy atom. The van der Waals surface area contributed by atoms with Crippen molar-refractivity contribution in [1.82, 2.24) is 10.6 Å². The molecule has 0 saturated carbocycles. The maximum Gasteiger partial charge on any atom is 0.237 e. The first kappa shape index (κ1) is 15.8. The number of rotatable bonds is 7. The van der Waals surface area contributed by atoms with Gasteiger partial charge in [0.2, 0.25) is 5.91 Å². The normalized spacial score (nSPS) is 18.9. The molecule has 1 aromatic rings. The summed E-state index contributed by atoms with van der Waals surface area (Å²) in [4.78, 5) is 11.8. The molecule has 0 bridgehead atoms. The number of amides is 1. The molecular formula is C17H26N2O2. The Kier molecular flexibility index (Phi) is 6.54. The molecule has 1 unspecified atom stereocenters. The van der Waals surface area contributed by atoms with E-state index in [0.29, 0.717) is 6.54 Å². The first-order valence-corrected chi connectivity index (χ1v) is 8.02. The molecule has 4 nitrogen and oxygen atoms in total. The molecule has 2 N–H and O–H groups in total. The van der Waals surface area contributed by atoms with Crippen molar-refractivity contribution >= 4 is 5.91 Å². The molecule has 21 heavy (non-hydrogen) atoms. The van der Waals surface area contributed by atoms with Crippen LogP contribution in [-0.4, -0.2) is 25.1 Å². The highest BCUT2D eigenvalue weighted by Gasteiger charge is 2.19. The molecular weight excluding hydrogens is 264 g/mol. The van der Waals surface area contributed by atoms with Gasteiger partial charge in [0.25, 0.3) is 0 Å². The minimum Gasteiger partial charge on any atom is -0.494 e. The van der Waals surface area contributed by atoms with Gasteiger partial charge in [0.05, 0.1) is 12.6 Å². The number of unbranched alkanes of at least 4 members (excludes halogenated alkanes) is 1. The van der Waals surface area contributed by atoms with Crippen molar-refractivity contribution in [3.05, 3.63) is 29.8 Å². The van der Waals surface area contributed by atoms with Gasteiger partial charge in [-0.1, -0.05) is 25.5 Å². The van der Waals surface area contributed by atoms with Crippen LogP contribution < -0.4 is 15.4 Å². The van der Waals surface area contributed by atoms with E-state index in [0.717, 1.165) is 51.0 Å². The first-order valence-electron chi connectivity index (χ1n) is 8.02. The minimum absolute atomic E-state index is 0.0621. The number of benzene rings is 1. The summed E-state index contributed by atoms with van der Waals surface area (Å²) in [5, 5.41) is 6.29. The lowest BCUT2D eigenvalue weighted by Crippen LogP contribution is -2.42. The molecule has 1 amide bonds. The Morgan fingerprint density at radius 3 is 2.86 bits per heavy atom. The van der Waals surface area contributed by atoms with Crippen molar-refractivity contribution in [3.63, 3.8) is 0 Å². The Bertz CT molecular complexity index is 431. The standard InChI is InChI=1S/C17H26N2O2/c1-2-3-12-21-15-9-7-14(8-10-15)13-19-16-6-4-5-11-18-17(16)20/h7-10,16,19H,2-6,11-13H2,1H3,(H,18,20). The molecule has 1 aromatic carbocycles. The topological polar surface area (TPSA) is 50.4 Å². The molecule has 0 radical (unpaired) electrons. The smallest absolute Gasteiger partial charge is 0.237 e. The van der Waals surface area contributed by atoms with E-state index in [4.69, 9.17) is 4.74 Å². The summed E-state index contributed by atoms with van der Waals surface area (Å²) < 4.78 is 5.64. The predicted molar refractivity (Wildman–Crippen MR) is 84.3 cm³/mol. The van der Waals surface area contributed by atoms with Crippen molar-refractivity contribution in [1.29, 1.82) is 0 Å². The van der Waals surface area contributed by atoms with E-state index in [2.05, 4.69) is 29.7 Å². The third-order valence-electron chi connectivity index (χ3n) is 3.78. The minimum atomic E-state index is -0.0621. The van der Waals surface area contributed by atoms with Gasteiger partial charge in [0.1, 0.15) is 5.75 Å². The summed E-state index contributed by atoms with van der Waals surface area (Å²) in [6, 6.07) is 8.05. The van der Waals surface area contributed by atoms with Crippen LogP contribution in [-0.2, 0) is 11.3 Å². The molecule has 0 spiro atoms. The molecule has 1 atom stereocenters. The molecule has 116 valence electrons. The lowest BCUT2D eigenvalue weighted by atomic mass is 10.1. The van der Waals surface area contributed by atoms with E-state index in [1.165, 1.54) is 5.56 Å². The molecule has 1 aliphatic rings. The van der Waals surface area contributed by atoms with Gasteiger partial charge in [0, 0.05) is 13.1 Å². The maximum absolute atomic E-state index is 11.8. The van der Waals surface area contributed by atoms with Gasteiger partial charge in [-0.3, -0.25) is 4.79 Å². The molecule has 1 heterocycles. The second kappa shape index (κ2) is 8.67. The highest BCUT2D eigenvalue weighted by atomic mass is 16.5. The van der Waals surface area contributed by atoms with Crippen LogP contribution in [0.5, 0.6) is 5.75 Å². The van der Waals surface area contributed by atoms with E-state index >= 15 is 0 Å². The number of ether oxygens (including phenoxy) is 1. The Balaban J connectivity index is 1.78. The second-order valence-electron chi connectivity index (χ2n) is 5.57. The fourth-order valence-electron chi connectivity index (χ4n) is 2.41. The number of hydrogen-bond acceptors (Lipinski definition) is 3. The molecule has 1 aliphatic heterocycles. The third kappa shape index (κ3) is 5.38. The molecule has 1 fully saturated rings. The van der Waals surface area contributed by atoms with Crippen LogP contribution in [0.1, 0.15) is 44.6 Å². The quantitative estimate of drug-likeness (QED) is 0.759. The number of carbonyl (C=O) groups is 1. The molecule has 2 rings (SSSR count). The lowest BCUT2D eigenvalue weighted by Gasteiger charge is -2.15.